The Bertz CT molecular complexity index is 359. The van der Waals surface area contributed by atoms with Gasteiger partial charge in [0, 0.05) is 18.8 Å². The molecule has 1 saturated heterocycles. The Balaban J connectivity index is 1.98. The van der Waals surface area contributed by atoms with Crippen molar-refractivity contribution in [2.45, 2.75) is 39.7 Å². The molecule has 0 aliphatic carbocycles. The summed E-state index contributed by atoms with van der Waals surface area (Å²) in [6.45, 7) is 10.0. The molecule has 1 fully saturated rings. The van der Waals surface area contributed by atoms with Gasteiger partial charge in [-0.1, -0.05) is 26.8 Å². The molecule has 2 rings (SSSR count). The first-order valence-electron chi connectivity index (χ1n) is 7.14. The maximum atomic E-state index is 4.53. The minimum Gasteiger partial charge on any atom is -0.370 e. The van der Waals surface area contributed by atoms with Gasteiger partial charge >= 0.3 is 0 Å². The molecule has 1 aliphatic heterocycles. The highest BCUT2D eigenvalue weighted by Crippen LogP contribution is 2.31. The molecule has 1 aliphatic rings. The highest BCUT2D eigenvalue weighted by molar-refractivity contribution is 5.36. The number of nitrogens with zero attached hydrogens (tertiary/aromatic N) is 2. The Morgan fingerprint density at radius 1 is 1.44 bits per heavy atom. The summed E-state index contributed by atoms with van der Waals surface area (Å²) < 4.78 is 0. The van der Waals surface area contributed by atoms with Crippen LogP contribution in [0.5, 0.6) is 0 Å². The van der Waals surface area contributed by atoms with Crippen molar-refractivity contribution in [2.24, 2.45) is 5.92 Å². The van der Waals surface area contributed by atoms with E-state index in [1.807, 2.05) is 6.20 Å². The number of nitrogens with one attached hydrogen (secondary N) is 1. The van der Waals surface area contributed by atoms with Gasteiger partial charge in [-0.2, -0.15) is 0 Å². The van der Waals surface area contributed by atoms with Crippen molar-refractivity contribution >= 4 is 5.82 Å². The van der Waals surface area contributed by atoms with Gasteiger partial charge in [-0.25, -0.2) is 4.98 Å². The zero-order valence-corrected chi connectivity index (χ0v) is 11.8. The largest absolute Gasteiger partial charge is 0.370 e. The standard InChI is InChI=1S/C15H25N3/c1-4-18-9-5-6-14(18)13-7-8-15(17-11-13)16-10-12(2)3/h7-8,11-12,14H,4-6,9-10H2,1-3H3,(H,16,17)/t14-/m0/s1. The van der Waals surface area contributed by atoms with E-state index in [1.54, 1.807) is 0 Å². The Morgan fingerprint density at radius 3 is 2.89 bits per heavy atom. The number of pyridine rings is 1. The zero-order valence-electron chi connectivity index (χ0n) is 11.8. The number of hydrogen-bond donors (Lipinski definition) is 1. The van der Waals surface area contributed by atoms with Crippen LogP contribution < -0.4 is 5.32 Å². The Kier molecular flexibility index (Phi) is 4.59. The van der Waals surface area contributed by atoms with E-state index in [9.17, 15) is 0 Å². The molecule has 18 heavy (non-hydrogen) atoms. The summed E-state index contributed by atoms with van der Waals surface area (Å²) in [5.74, 6) is 1.64. The quantitative estimate of drug-likeness (QED) is 0.865. The van der Waals surface area contributed by atoms with E-state index in [0.29, 0.717) is 12.0 Å². The van der Waals surface area contributed by atoms with Crippen LogP contribution in [0.4, 0.5) is 5.82 Å². The lowest BCUT2D eigenvalue weighted by Crippen LogP contribution is -2.22. The minimum atomic E-state index is 0.585. The monoisotopic (exact) mass is 247 g/mol. The van der Waals surface area contributed by atoms with E-state index in [4.69, 9.17) is 0 Å². The van der Waals surface area contributed by atoms with Crippen LogP contribution >= 0.6 is 0 Å². The normalized spacial score (nSPS) is 20.6. The van der Waals surface area contributed by atoms with Crippen molar-refractivity contribution in [3.63, 3.8) is 0 Å². The maximum absolute atomic E-state index is 4.53. The fourth-order valence-corrected chi connectivity index (χ4v) is 2.60. The molecule has 0 spiro atoms. The van der Waals surface area contributed by atoms with Gasteiger partial charge in [-0.15, -0.1) is 0 Å². The maximum Gasteiger partial charge on any atom is 0.125 e. The summed E-state index contributed by atoms with van der Waals surface area (Å²) in [6, 6.07) is 4.93. The summed E-state index contributed by atoms with van der Waals surface area (Å²) in [5.41, 5.74) is 1.37. The molecular weight excluding hydrogens is 222 g/mol. The van der Waals surface area contributed by atoms with Crippen molar-refractivity contribution in [2.75, 3.05) is 25.0 Å². The lowest BCUT2D eigenvalue weighted by molar-refractivity contribution is 0.271. The molecule has 0 aromatic carbocycles. The molecule has 0 unspecified atom stereocenters. The fraction of sp³-hybridized carbons (Fsp3) is 0.667. The Labute approximate surface area is 111 Å². The third-order valence-electron chi connectivity index (χ3n) is 3.63. The number of likely N-dealkylation sites (tertiary alicyclic amines) is 1. The lowest BCUT2D eigenvalue weighted by atomic mass is 10.1. The van der Waals surface area contributed by atoms with E-state index in [0.717, 1.165) is 18.9 Å². The third-order valence-corrected chi connectivity index (χ3v) is 3.63. The minimum absolute atomic E-state index is 0.585. The summed E-state index contributed by atoms with van der Waals surface area (Å²) in [5, 5.41) is 3.36. The van der Waals surface area contributed by atoms with Gasteiger partial charge in [-0.05, 0) is 43.5 Å². The van der Waals surface area contributed by atoms with Crippen molar-refractivity contribution < 1.29 is 0 Å². The van der Waals surface area contributed by atoms with Gasteiger partial charge < -0.3 is 5.32 Å². The van der Waals surface area contributed by atoms with Gasteiger partial charge in [0.05, 0.1) is 0 Å². The second kappa shape index (κ2) is 6.19. The number of aromatic nitrogens is 1. The SMILES string of the molecule is CCN1CCC[C@H]1c1ccc(NCC(C)C)nc1. The zero-order chi connectivity index (χ0) is 13.0. The van der Waals surface area contributed by atoms with E-state index in [2.05, 4.69) is 48.1 Å². The van der Waals surface area contributed by atoms with Gasteiger partial charge in [0.2, 0.25) is 0 Å². The molecule has 0 amide bonds. The van der Waals surface area contributed by atoms with E-state index in [-0.39, 0.29) is 0 Å². The predicted molar refractivity (Wildman–Crippen MR) is 76.8 cm³/mol. The van der Waals surface area contributed by atoms with Crippen molar-refractivity contribution in [3.05, 3.63) is 23.9 Å². The number of hydrogen-bond acceptors (Lipinski definition) is 3. The molecule has 100 valence electrons. The molecule has 1 atom stereocenters. The van der Waals surface area contributed by atoms with E-state index < -0.39 is 0 Å². The molecule has 0 radical (unpaired) electrons. The molecule has 1 aromatic rings. The summed E-state index contributed by atoms with van der Waals surface area (Å²) in [6.07, 6.45) is 4.63. The van der Waals surface area contributed by atoms with Crippen LogP contribution in [0.2, 0.25) is 0 Å². The summed E-state index contributed by atoms with van der Waals surface area (Å²) >= 11 is 0. The predicted octanol–water partition coefficient (Wildman–Crippen LogP) is 3.31. The van der Waals surface area contributed by atoms with Crippen LogP contribution in [-0.4, -0.2) is 29.5 Å². The molecule has 3 nitrogen and oxygen atoms in total. The van der Waals surface area contributed by atoms with Crippen LogP contribution in [0, 0.1) is 5.92 Å². The van der Waals surface area contributed by atoms with Crippen molar-refractivity contribution in [1.29, 1.82) is 0 Å². The van der Waals surface area contributed by atoms with E-state index in [1.165, 1.54) is 24.9 Å². The number of rotatable bonds is 5. The summed E-state index contributed by atoms with van der Waals surface area (Å²) in [7, 11) is 0. The van der Waals surface area contributed by atoms with Gasteiger partial charge in [-0.3, -0.25) is 4.90 Å². The molecular formula is C15H25N3. The number of anilines is 1. The first-order chi connectivity index (χ1) is 8.70. The van der Waals surface area contributed by atoms with Gasteiger partial charge in [0.15, 0.2) is 0 Å². The fourth-order valence-electron chi connectivity index (χ4n) is 2.60. The van der Waals surface area contributed by atoms with Crippen molar-refractivity contribution in [1.82, 2.24) is 9.88 Å². The second-order valence-corrected chi connectivity index (χ2v) is 5.54. The van der Waals surface area contributed by atoms with Crippen LogP contribution in [0.3, 0.4) is 0 Å². The van der Waals surface area contributed by atoms with Crippen LogP contribution in [0.25, 0.3) is 0 Å². The van der Waals surface area contributed by atoms with Crippen molar-refractivity contribution in [3.8, 4) is 0 Å². The van der Waals surface area contributed by atoms with Gasteiger partial charge in [0.1, 0.15) is 5.82 Å². The van der Waals surface area contributed by atoms with Gasteiger partial charge in [0.25, 0.3) is 0 Å². The first kappa shape index (κ1) is 13.3. The van der Waals surface area contributed by atoms with Crippen LogP contribution in [0.15, 0.2) is 18.3 Å². The first-order valence-corrected chi connectivity index (χ1v) is 7.14. The molecule has 3 heteroatoms. The van der Waals surface area contributed by atoms with E-state index >= 15 is 0 Å². The average molecular weight is 247 g/mol. The smallest absolute Gasteiger partial charge is 0.125 e. The Hall–Kier alpha value is -1.09. The van der Waals surface area contributed by atoms with Crippen LogP contribution in [0.1, 0.15) is 45.2 Å². The summed E-state index contributed by atoms with van der Waals surface area (Å²) in [4.78, 5) is 7.07. The molecule has 0 saturated carbocycles. The topological polar surface area (TPSA) is 28.2 Å². The second-order valence-electron chi connectivity index (χ2n) is 5.54. The highest BCUT2D eigenvalue weighted by Gasteiger charge is 2.24. The third kappa shape index (κ3) is 3.22. The molecule has 1 aromatic heterocycles. The highest BCUT2D eigenvalue weighted by atomic mass is 15.2. The molecule has 1 N–H and O–H groups in total. The molecule has 0 bridgehead atoms. The molecule has 2 heterocycles. The lowest BCUT2D eigenvalue weighted by Gasteiger charge is -2.22. The van der Waals surface area contributed by atoms with Crippen LogP contribution in [-0.2, 0) is 0 Å². The Morgan fingerprint density at radius 2 is 2.28 bits per heavy atom. The average Bonchev–Trinajstić information content (AvgIpc) is 2.85.